The first-order chi connectivity index (χ1) is 12.8. The molecule has 0 aliphatic carbocycles. The fourth-order valence-corrected chi connectivity index (χ4v) is 2.02. The first-order valence-corrected chi connectivity index (χ1v) is 7.80. The van der Waals surface area contributed by atoms with Crippen LogP contribution in [0.1, 0.15) is 23.6 Å². The topological polar surface area (TPSA) is 90.9 Å². The summed E-state index contributed by atoms with van der Waals surface area (Å²) in [4.78, 5) is 5.20. The predicted octanol–water partition coefficient (Wildman–Crippen LogP) is 5.03. The lowest BCUT2D eigenvalue weighted by Gasteiger charge is -2.08. The van der Waals surface area contributed by atoms with Crippen LogP contribution in [0.4, 0.5) is 13.2 Å². The summed E-state index contributed by atoms with van der Waals surface area (Å²) in [6.07, 6.45) is -4.36. The summed E-state index contributed by atoms with van der Waals surface area (Å²) in [6.45, 7) is 1.69. The van der Waals surface area contributed by atoms with E-state index in [9.17, 15) is 13.2 Å². The number of rotatable bonds is 7. The highest BCUT2D eigenvalue weighted by atomic mass is 19.4. The Bertz CT molecular complexity index is 816. The van der Waals surface area contributed by atoms with E-state index in [2.05, 4.69) is 10.3 Å². The van der Waals surface area contributed by atoms with Gasteiger partial charge in [0.1, 0.15) is 19.0 Å². The molecule has 0 heterocycles. The quantitative estimate of drug-likeness (QED) is 0.306. The molecule has 6 nitrogen and oxygen atoms in total. The summed E-state index contributed by atoms with van der Waals surface area (Å²) in [7, 11) is 0. The molecule has 0 aliphatic heterocycles. The number of nitrogens with one attached hydrogen (secondary N) is 2. The number of hydrogen-bond acceptors (Lipinski definition) is 5. The standard InChI is InChI=1S/C18H17F3N4O2/c1-12(14-4-8-16(9-5-14)26-11-17(22)24-23)25-27-10-13-2-6-15(7-3-13)18(19,20)21/h2-9,22-23H,10-11H2,1H3/b22-17?,24-23?,25-12+. The summed E-state index contributed by atoms with van der Waals surface area (Å²) >= 11 is 0. The lowest BCUT2D eigenvalue weighted by molar-refractivity contribution is -0.137. The molecule has 2 aromatic rings. The van der Waals surface area contributed by atoms with E-state index in [4.69, 9.17) is 20.5 Å². The average Bonchev–Trinajstić information content (AvgIpc) is 2.66. The van der Waals surface area contributed by atoms with Crippen molar-refractivity contribution in [2.24, 2.45) is 10.3 Å². The van der Waals surface area contributed by atoms with Crippen molar-refractivity contribution < 1.29 is 22.7 Å². The number of hydrogen-bond donors (Lipinski definition) is 2. The van der Waals surface area contributed by atoms with Gasteiger partial charge in [-0.1, -0.05) is 17.3 Å². The van der Waals surface area contributed by atoms with Crippen LogP contribution >= 0.6 is 0 Å². The molecule has 27 heavy (non-hydrogen) atoms. The normalized spacial score (nSPS) is 11.8. The Balaban J connectivity index is 1.89. The van der Waals surface area contributed by atoms with Gasteiger partial charge in [-0.2, -0.15) is 13.2 Å². The minimum Gasteiger partial charge on any atom is -0.486 e. The van der Waals surface area contributed by atoms with E-state index in [0.717, 1.165) is 17.7 Å². The lowest BCUT2D eigenvalue weighted by Crippen LogP contribution is -2.07. The van der Waals surface area contributed by atoms with Crippen molar-refractivity contribution in [3.8, 4) is 5.75 Å². The minimum atomic E-state index is -4.36. The van der Waals surface area contributed by atoms with Crippen LogP contribution in [-0.2, 0) is 17.6 Å². The van der Waals surface area contributed by atoms with Gasteiger partial charge in [-0.3, -0.25) is 5.41 Å². The summed E-state index contributed by atoms with van der Waals surface area (Å²) in [5, 5.41) is 14.1. The van der Waals surface area contributed by atoms with Crippen LogP contribution < -0.4 is 4.74 Å². The molecule has 0 fully saturated rings. The Morgan fingerprint density at radius 2 is 1.67 bits per heavy atom. The summed E-state index contributed by atoms with van der Waals surface area (Å²) in [5.74, 6) is 0.333. The van der Waals surface area contributed by atoms with Gasteiger partial charge in [-0.15, -0.1) is 5.11 Å². The predicted molar refractivity (Wildman–Crippen MR) is 93.3 cm³/mol. The molecule has 2 rings (SSSR count). The second-order valence-corrected chi connectivity index (χ2v) is 5.52. The molecule has 0 radical (unpaired) electrons. The molecule has 2 aromatic carbocycles. The molecule has 2 N–H and O–H groups in total. The van der Waals surface area contributed by atoms with E-state index < -0.39 is 11.7 Å². The van der Waals surface area contributed by atoms with E-state index in [1.54, 1.807) is 31.2 Å². The SMILES string of the molecule is C/C(=N\OCc1ccc(C(F)(F)F)cc1)c1ccc(OCC(=N)N=N)cc1. The molecule has 9 heteroatoms. The Hall–Kier alpha value is -3.23. The van der Waals surface area contributed by atoms with Crippen molar-refractivity contribution in [3.05, 3.63) is 65.2 Å². The van der Waals surface area contributed by atoms with E-state index >= 15 is 0 Å². The molecule has 142 valence electrons. The number of benzene rings is 2. The molecule has 0 aliphatic rings. The molecule has 0 saturated carbocycles. The number of alkyl halides is 3. The highest BCUT2D eigenvalue weighted by Crippen LogP contribution is 2.29. The average molecular weight is 378 g/mol. The molecule has 0 aromatic heterocycles. The highest BCUT2D eigenvalue weighted by Gasteiger charge is 2.29. The number of nitrogens with zero attached hydrogens (tertiary/aromatic N) is 2. The van der Waals surface area contributed by atoms with Gasteiger partial charge in [-0.05, 0) is 54.4 Å². The van der Waals surface area contributed by atoms with Crippen LogP contribution in [0.3, 0.4) is 0 Å². The maximum Gasteiger partial charge on any atom is 0.416 e. The Labute approximate surface area is 153 Å². The lowest BCUT2D eigenvalue weighted by atomic mass is 10.1. The zero-order valence-corrected chi connectivity index (χ0v) is 14.4. The first-order valence-electron chi connectivity index (χ1n) is 7.80. The van der Waals surface area contributed by atoms with Gasteiger partial charge in [0.15, 0.2) is 5.84 Å². The molecule has 0 amide bonds. The third-order valence-corrected chi connectivity index (χ3v) is 3.50. The molecular formula is C18H17F3N4O2. The summed E-state index contributed by atoms with van der Waals surface area (Å²) in [5.41, 5.74) is 7.89. The Morgan fingerprint density at radius 3 is 2.22 bits per heavy atom. The molecular weight excluding hydrogens is 361 g/mol. The minimum absolute atomic E-state index is 0.0510. The third-order valence-electron chi connectivity index (χ3n) is 3.50. The number of amidine groups is 1. The summed E-state index contributed by atoms with van der Waals surface area (Å²) < 4.78 is 42.8. The molecule has 0 unspecified atom stereocenters. The monoisotopic (exact) mass is 378 g/mol. The van der Waals surface area contributed by atoms with Crippen LogP contribution in [0.25, 0.3) is 0 Å². The smallest absolute Gasteiger partial charge is 0.416 e. The van der Waals surface area contributed by atoms with Crippen LogP contribution in [0.5, 0.6) is 5.75 Å². The summed E-state index contributed by atoms with van der Waals surface area (Å²) in [6, 6.07) is 11.6. The van der Waals surface area contributed by atoms with Crippen LogP contribution in [0.2, 0.25) is 0 Å². The van der Waals surface area contributed by atoms with E-state index in [1.807, 2.05) is 0 Å². The van der Waals surface area contributed by atoms with Crippen LogP contribution in [0.15, 0.2) is 58.8 Å². The molecule has 0 bridgehead atoms. The van der Waals surface area contributed by atoms with Crippen LogP contribution in [0, 0.1) is 10.9 Å². The zero-order valence-electron chi connectivity index (χ0n) is 14.4. The van der Waals surface area contributed by atoms with Gasteiger partial charge in [0.25, 0.3) is 0 Å². The van der Waals surface area contributed by atoms with Crippen molar-refractivity contribution in [2.45, 2.75) is 19.7 Å². The van der Waals surface area contributed by atoms with E-state index in [-0.39, 0.29) is 19.0 Å². The van der Waals surface area contributed by atoms with Gasteiger partial charge in [-0.25, -0.2) is 5.53 Å². The van der Waals surface area contributed by atoms with Crippen molar-refractivity contribution in [2.75, 3.05) is 6.61 Å². The fourth-order valence-electron chi connectivity index (χ4n) is 2.02. The third kappa shape index (κ3) is 6.21. The van der Waals surface area contributed by atoms with Gasteiger partial charge in [0, 0.05) is 0 Å². The van der Waals surface area contributed by atoms with Gasteiger partial charge in [0.05, 0.1) is 11.3 Å². The Kier molecular flexibility index (Phi) is 6.64. The van der Waals surface area contributed by atoms with E-state index in [1.165, 1.54) is 12.1 Å². The van der Waals surface area contributed by atoms with Gasteiger partial charge in [0.2, 0.25) is 0 Å². The fraction of sp³-hybridized carbons (Fsp3) is 0.222. The van der Waals surface area contributed by atoms with Crippen molar-refractivity contribution in [1.29, 1.82) is 10.9 Å². The maximum absolute atomic E-state index is 12.5. The first kappa shape index (κ1) is 20.1. The molecule has 0 spiro atoms. The van der Waals surface area contributed by atoms with Crippen molar-refractivity contribution in [3.63, 3.8) is 0 Å². The number of oxime groups is 1. The second-order valence-electron chi connectivity index (χ2n) is 5.52. The van der Waals surface area contributed by atoms with Gasteiger partial charge >= 0.3 is 6.18 Å². The Morgan fingerprint density at radius 1 is 1.04 bits per heavy atom. The van der Waals surface area contributed by atoms with Crippen molar-refractivity contribution >= 4 is 11.5 Å². The van der Waals surface area contributed by atoms with Gasteiger partial charge < -0.3 is 9.57 Å². The number of halogens is 3. The molecule has 0 saturated heterocycles. The zero-order chi connectivity index (χ0) is 19.9. The second kappa shape index (κ2) is 8.93. The van der Waals surface area contributed by atoms with Crippen molar-refractivity contribution in [1.82, 2.24) is 0 Å². The van der Waals surface area contributed by atoms with Crippen LogP contribution in [-0.4, -0.2) is 18.2 Å². The molecule has 0 atom stereocenters. The van der Waals surface area contributed by atoms with E-state index in [0.29, 0.717) is 17.0 Å². The largest absolute Gasteiger partial charge is 0.486 e. The number of ether oxygens (including phenoxy) is 1. The maximum atomic E-state index is 12.5. The highest BCUT2D eigenvalue weighted by molar-refractivity contribution is 5.98.